The normalized spacial score (nSPS) is 15.5. The minimum atomic E-state index is -0.549. The molecule has 1 saturated heterocycles. The molecule has 0 spiro atoms. The van der Waals surface area contributed by atoms with Crippen LogP contribution in [0.4, 0.5) is 5.69 Å². The molecule has 0 radical (unpaired) electrons. The first-order chi connectivity index (χ1) is 15.4. The Morgan fingerprint density at radius 3 is 2.56 bits per heavy atom. The number of aromatic nitrogens is 1. The number of H-pyrrole nitrogens is 1. The number of hydrogen-bond acceptors (Lipinski definition) is 6. The maximum atomic E-state index is 13.1. The van der Waals surface area contributed by atoms with Crippen LogP contribution in [0, 0.1) is 6.92 Å². The molecule has 9 nitrogen and oxygen atoms in total. The predicted molar refractivity (Wildman–Crippen MR) is 119 cm³/mol. The van der Waals surface area contributed by atoms with Crippen LogP contribution < -0.4 is 5.32 Å². The lowest BCUT2D eigenvalue weighted by Gasteiger charge is -2.37. The van der Waals surface area contributed by atoms with Crippen LogP contribution in [0.15, 0.2) is 41.0 Å². The number of carbonyl (C=O) groups is 3. The van der Waals surface area contributed by atoms with E-state index in [4.69, 9.17) is 9.15 Å². The Balaban J connectivity index is 1.46. The minimum Gasteiger partial charge on any atom is -0.464 e. The zero-order valence-corrected chi connectivity index (χ0v) is 18.3. The van der Waals surface area contributed by atoms with Crippen molar-refractivity contribution in [3.63, 3.8) is 0 Å². The molecule has 1 aliphatic heterocycles. The van der Waals surface area contributed by atoms with Crippen molar-refractivity contribution in [1.29, 1.82) is 0 Å². The molecule has 9 heteroatoms. The van der Waals surface area contributed by atoms with Gasteiger partial charge in [-0.15, -0.1) is 0 Å². The van der Waals surface area contributed by atoms with Crippen LogP contribution in [0.2, 0.25) is 0 Å². The van der Waals surface area contributed by atoms with Crippen LogP contribution in [0.3, 0.4) is 0 Å². The summed E-state index contributed by atoms with van der Waals surface area (Å²) in [5, 5.41) is 3.67. The summed E-state index contributed by atoms with van der Waals surface area (Å²) in [6.45, 7) is 5.86. The molecular weight excluding hydrogens is 412 g/mol. The predicted octanol–water partition coefficient (Wildman–Crippen LogP) is 2.64. The van der Waals surface area contributed by atoms with Crippen molar-refractivity contribution in [3.05, 3.63) is 53.6 Å². The second-order valence-corrected chi connectivity index (χ2v) is 7.89. The van der Waals surface area contributed by atoms with Gasteiger partial charge in [-0.1, -0.05) is 11.6 Å². The van der Waals surface area contributed by atoms with Crippen LogP contribution in [0.25, 0.3) is 10.9 Å². The van der Waals surface area contributed by atoms with Crippen molar-refractivity contribution in [2.24, 2.45) is 0 Å². The first-order valence-electron chi connectivity index (χ1n) is 10.5. The Bertz CT molecular complexity index is 1140. The van der Waals surface area contributed by atoms with E-state index in [-0.39, 0.29) is 17.5 Å². The number of aryl methyl sites for hydroxylation is 1. The number of esters is 1. The molecule has 1 aromatic carbocycles. The third-order valence-electron chi connectivity index (χ3n) is 5.85. The second kappa shape index (κ2) is 8.88. The van der Waals surface area contributed by atoms with E-state index in [1.165, 1.54) is 13.4 Å². The molecule has 1 atom stereocenters. The molecule has 4 rings (SSSR count). The minimum absolute atomic E-state index is 0.149. The molecule has 1 aliphatic rings. The standard InChI is InChI=1S/C23H26N4O5/c1-14-6-7-17-16(13-14)19(20(24-17)23(30)31-3)25-21(28)15(2)26-8-10-27(11-9-26)22(29)18-5-4-12-32-18/h4-7,12-13,15,24H,8-11H2,1-3H3,(H,25,28). The number of hydrogen-bond donors (Lipinski definition) is 2. The number of nitrogens with zero attached hydrogens (tertiary/aromatic N) is 2. The zero-order valence-electron chi connectivity index (χ0n) is 18.3. The molecule has 0 aliphatic carbocycles. The molecular formula is C23H26N4O5. The van der Waals surface area contributed by atoms with Crippen molar-refractivity contribution in [2.75, 3.05) is 38.6 Å². The summed E-state index contributed by atoms with van der Waals surface area (Å²) in [5.74, 6) is -0.618. The number of benzene rings is 1. The molecule has 1 unspecified atom stereocenters. The zero-order chi connectivity index (χ0) is 22.8. The Labute approximate surface area is 185 Å². The lowest BCUT2D eigenvalue weighted by molar-refractivity contribution is -0.121. The molecule has 2 amide bonds. The highest BCUT2D eigenvalue weighted by Crippen LogP contribution is 2.29. The summed E-state index contributed by atoms with van der Waals surface area (Å²) >= 11 is 0. The lowest BCUT2D eigenvalue weighted by atomic mass is 10.1. The van der Waals surface area contributed by atoms with E-state index in [9.17, 15) is 14.4 Å². The third kappa shape index (κ3) is 4.11. The van der Waals surface area contributed by atoms with Gasteiger partial charge in [0.2, 0.25) is 5.91 Å². The topological polar surface area (TPSA) is 108 Å². The van der Waals surface area contributed by atoms with Crippen molar-refractivity contribution >= 4 is 34.4 Å². The Kier molecular flexibility index (Phi) is 6.00. The Morgan fingerprint density at radius 2 is 1.91 bits per heavy atom. The molecule has 1 fully saturated rings. The Hall–Kier alpha value is -3.59. The number of piperazine rings is 1. The lowest BCUT2D eigenvalue weighted by Crippen LogP contribution is -2.54. The van der Waals surface area contributed by atoms with Crippen molar-refractivity contribution in [1.82, 2.24) is 14.8 Å². The summed E-state index contributed by atoms with van der Waals surface area (Å²) in [5.41, 5.74) is 2.37. The van der Waals surface area contributed by atoms with Gasteiger partial charge in [0, 0.05) is 37.1 Å². The first kappa shape index (κ1) is 21.6. The van der Waals surface area contributed by atoms with E-state index in [1.807, 2.05) is 36.9 Å². The SMILES string of the molecule is COC(=O)c1[nH]c2ccc(C)cc2c1NC(=O)C(C)N1CCN(C(=O)c2ccco2)CC1. The summed E-state index contributed by atoms with van der Waals surface area (Å²) in [6.07, 6.45) is 1.48. The van der Waals surface area contributed by atoms with Crippen LogP contribution in [-0.2, 0) is 9.53 Å². The van der Waals surface area contributed by atoms with E-state index in [1.54, 1.807) is 17.0 Å². The number of fused-ring (bicyclic) bond motifs is 1. The highest BCUT2D eigenvalue weighted by Gasteiger charge is 2.30. The fourth-order valence-electron chi connectivity index (χ4n) is 3.95. The van der Waals surface area contributed by atoms with Gasteiger partial charge in [0.25, 0.3) is 5.91 Å². The average molecular weight is 438 g/mol. The number of ether oxygens (including phenoxy) is 1. The highest BCUT2D eigenvalue weighted by molar-refractivity contribution is 6.11. The number of amides is 2. The molecule has 0 bridgehead atoms. The number of anilines is 1. The molecule has 168 valence electrons. The number of nitrogens with one attached hydrogen (secondary N) is 2. The highest BCUT2D eigenvalue weighted by atomic mass is 16.5. The average Bonchev–Trinajstić information content (AvgIpc) is 3.46. The number of rotatable bonds is 5. The quantitative estimate of drug-likeness (QED) is 0.593. The fraction of sp³-hybridized carbons (Fsp3) is 0.348. The second-order valence-electron chi connectivity index (χ2n) is 7.89. The van der Waals surface area contributed by atoms with E-state index >= 15 is 0 Å². The van der Waals surface area contributed by atoms with Crippen LogP contribution >= 0.6 is 0 Å². The number of aromatic amines is 1. The van der Waals surface area contributed by atoms with E-state index < -0.39 is 12.0 Å². The van der Waals surface area contributed by atoms with E-state index in [0.29, 0.717) is 37.6 Å². The summed E-state index contributed by atoms with van der Waals surface area (Å²) in [4.78, 5) is 44.6. The van der Waals surface area contributed by atoms with Gasteiger partial charge < -0.3 is 24.4 Å². The van der Waals surface area contributed by atoms with Crippen LogP contribution in [-0.4, -0.2) is 71.9 Å². The molecule has 2 N–H and O–H groups in total. The summed E-state index contributed by atoms with van der Waals surface area (Å²) in [7, 11) is 1.30. The van der Waals surface area contributed by atoms with Gasteiger partial charge in [-0.05, 0) is 38.1 Å². The van der Waals surface area contributed by atoms with Crippen molar-refractivity contribution < 1.29 is 23.5 Å². The number of carbonyl (C=O) groups excluding carboxylic acids is 3. The van der Waals surface area contributed by atoms with Gasteiger partial charge in [-0.3, -0.25) is 14.5 Å². The van der Waals surface area contributed by atoms with E-state index in [2.05, 4.69) is 10.3 Å². The summed E-state index contributed by atoms with van der Waals surface area (Å²) < 4.78 is 10.1. The molecule has 0 saturated carbocycles. The van der Waals surface area contributed by atoms with E-state index in [0.717, 1.165) is 16.5 Å². The smallest absolute Gasteiger partial charge is 0.356 e. The number of furan rings is 1. The first-order valence-corrected chi connectivity index (χ1v) is 10.5. The molecule has 32 heavy (non-hydrogen) atoms. The maximum absolute atomic E-state index is 13.1. The summed E-state index contributed by atoms with van der Waals surface area (Å²) in [6, 6.07) is 8.59. The van der Waals surface area contributed by atoms with Crippen LogP contribution in [0.1, 0.15) is 33.5 Å². The Morgan fingerprint density at radius 1 is 1.16 bits per heavy atom. The van der Waals surface area contributed by atoms with Gasteiger partial charge in [-0.25, -0.2) is 4.79 Å². The maximum Gasteiger partial charge on any atom is 0.356 e. The van der Waals surface area contributed by atoms with Crippen molar-refractivity contribution in [2.45, 2.75) is 19.9 Å². The monoisotopic (exact) mass is 438 g/mol. The molecule has 2 aromatic heterocycles. The molecule has 3 heterocycles. The van der Waals surface area contributed by atoms with Gasteiger partial charge in [0.1, 0.15) is 5.69 Å². The van der Waals surface area contributed by atoms with Crippen LogP contribution in [0.5, 0.6) is 0 Å². The largest absolute Gasteiger partial charge is 0.464 e. The van der Waals surface area contributed by atoms with Gasteiger partial charge in [0.05, 0.1) is 25.1 Å². The van der Waals surface area contributed by atoms with Crippen molar-refractivity contribution in [3.8, 4) is 0 Å². The fourth-order valence-corrected chi connectivity index (χ4v) is 3.95. The van der Waals surface area contributed by atoms with Gasteiger partial charge in [-0.2, -0.15) is 0 Å². The van der Waals surface area contributed by atoms with Gasteiger partial charge >= 0.3 is 5.97 Å². The number of methoxy groups -OCH3 is 1. The molecule has 3 aromatic rings. The van der Waals surface area contributed by atoms with Gasteiger partial charge in [0.15, 0.2) is 5.76 Å². The third-order valence-corrected chi connectivity index (χ3v) is 5.85.